The summed E-state index contributed by atoms with van der Waals surface area (Å²) in [6.45, 7) is 1.73. The zero-order valence-corrected chi connectivity index (χ0v) is 12.4. The van der Waals surface area contributed by atoms with Crippen molar-refractivity contribution in [3.63, 3.8) is 0 Å². The van der Waals surface area contributed by atoms with Crippen LogP contribution in [0.25, 0.3) is 0 Å². The van der Waals surface area contributed by atoms with Crippen molar-refractivity contribution >= 4 is 40.9 Å². The highest BCUT2D eigenvalue weighted by atomic mass is 35.5. The Balaban J connectivity index is 2.35. The number of carboxylic acid groups (broad SMARTS) is 1. The summed E-state index contributed by atoms with van der Waals surface area (Å²) in [5.41, 5.74) is -0.168. The molecule has 0 saturated carbocycles. The Kier molecular flexibility index (Phi) is 4.38. The molecule has 7 nitrogen and oxygen atoms in total. The number of carbonyl (C=O) groups is 2. The summed E-state index contributed by atoms with van der Waals surface area (Å²) >= 11 is 7.27. The van der Waals surface area contributed by atoms with Crippen LogP contribution in [0.2, 0.25) is 5.02 Å². The summed E-state index contributed by atoms with van der Waals surface area (Å²) in [6, 6.07) is 2.57. The van der Waals surface area contributed by atoms with Gasteiger partial charge in [-0.1, -0.05) is 11.6 Å². The van der Waals surface area contributed by atoms with Crippen LogP contribution < -0.4 is 0 Å². The standard InChI is InChI=1S/C12H11ClN2O5S/c1-6-14(10(5-21-6)12(17)18)11(16)8-3-2-7(15(19)20)4-9(8)13/h2-4,6,10H,5H2,1H3,(H,17,18). The highest BCUT2D eigenvalue weighted by molar-refractivity contribution is 8.00. The van der Waals surface area contributed by atoms with Crippen LogP contribution >= 0.6 is 23.4 Å². The molecule has 0 radical (unpaired) electrons. The lowest BCUT2D eigenvalue weighted by Crippen LogP contribution is -2.44. The molecular formula is C12H11ClN2O5S. The number of thioether (sulfide) groups is 1. The molecule has 9 heteroatoms. The maximum Gasteiger partial charge on any atom is 0.327 e. The molecule has 1 amide bonds. The van der Waals surface area contributed by atoms with Crippen molar-refractivity contribution in [3.05, 3.63) is 38.9 Å². The molecule has 0 aliphatic carbocycles. The monoisotopic (exact) mass is 330 g/mol. The molecule has 1 aliphatic heterocycles. The fourth-order valence-electron chi connectivity index (χ4n) is 2.07. The molecule has 1 saturated heterocycles. The first-order valence-electron chi connectivity index (χ1n) is 5.94. The normalized spacial score (nSPS) is 21.3. The number of benzene rings is 1. The van der Waals surface area contributed by atoms with E-state index in [0.29, 0.717) is 5.75 Å². The van der Waals surface area contributed by atoms with Gasteiger partial charge in [0.15, 0.2) is 0 Å². The van der Waals surface area contributed by atoms with Crippen molar-refractivity contribution in [1.29, 1.82) is 0 Å². The highest BCUT2D eigenvalue weighted by Crippen LogP contribution is 2.32. The van der Waals surface area contributed by atoms with E-state index in [0.717, 1.165) is 6.07 Å². The molecule has 1 N–H and O–H groups in total. The largest absolute Gasteiger partial charge is 0.480 e. The first-order valence-corrected chi connectivity index (χ1v) is 7.36. The Hall–Kier alpha value is -1.80. The van der Waals surface area contributed by atoms with Crippen molar-refractivity contribution in [3.8, 4) is 0 Å². The topological polar surface area (TPSA) is 101 Å². The minimum Gasteiger partial charge on any atom is -0.480 e. The SMILES string of the molecule is CC1SCC(C(=O)O)N1C(=O)c1ccc([N+](=O)[O-])cc1Cl. The molecule has 0 aromatic heterocycles. The van der Waals surface area contributed by atoms with Gasteiger partial charge in [0.2, 0.25) is 0 Å². The lowest BCUT2D eigenvalue weighted by atomic mass is 10.1. The van der Waals surface area contributed by atoms with Crippen LogP contribution in [0.1, 0.15) is 17.3 Å². The van der Waals surface area contributed by atoms with Gasteiger partial charge in [-0.2, -0.15) is 0 Å². The molecule has 112 valence electrons. The Bertz CT molecular complexity index is 624. The third kappa shape index (κ3) is 2.96. The number of aliphatic carboxylic acids is 1. The van der Waals surface area contributed by atoms with Gasteiger partial charge in [0, 0.05) is 17.9 Å². The van der Waals surface area contributed by atoms with Crippen molar-refractivity contribution in [2.45, 2.75) is 18.3 Å². The van der Waals surface area contributed by atoms with Crippen LogP contribution in [0.15, 0.2) is 18.2 Å². The van der Waals surface area contributed by atoms with E-state index in [9.17, 15) is 19.7 Å². The van der Waals surface area contributed by atoms with E-state index in [1.807, 2.05) is 0 Å². The van der Waals surface area contributed by atoms with Gasteiger partial charge in [-0.3, -0.25) is 14.9 Å². The van der Waals surface area contributed by atoms with Gasteiger partial charge < -0.3 is 10.0 Å². The summed E-state index contributed by atoms with van der Waals surface area (Å²) in [7, 11) is 0. The molecule has 2 atom stereocenters. The summed E-state index contributed by atoms with van der Waals surface area (Å²) < 4.78 is 0. The maximum atomic E-state index is 12.5. The van der Waals surface area contributed by atoms with E-state index >= 15 is 0 Å². The predicted octanol–water partition coefficient (Wildman–Crippen LogP) is 2.24. The molecule has 1 aliphatic rings. The predicted molar refractivity (Wildman–Crippen MR) is 77.6 cm³/mol. The fraction of sp³-hybridized carbons (Fsp3) is 0.333. The number of halogens is 1. The highest BCUT2D eigenvalue weighted by Gasteiger charge is 2.40. The average molecular weight is 331 g/mol. The lowest BCUT2D eigenvalue weighted by molar-refractivity contribution is -0.384. The molecule has 2 unspecified atom stereocenters. The van der Waals surface area contributed by atoms with Crippen molar-refractivity contribution in [2.75, 3.05) is 5.75 Å². The first kappa shape index (κ1) is 15.6. The van der Waals surface area contributed by atoms with Gasteiger partial charge in [-0.15, -0.1) is 11.8 Å². The Labute approximate surface area is 129 Å². The van der Waals surface area contributed by atoms with Gasteiger partial charge in [0.25, 0.3) is 11.6 Å². The van der Waals surface area contributed by atoms with Crippen molar-refractivity contribution in [1.82, 2.24) is 4.90 Å². The van der Waals surface area contributed by atoms with E-state index in [1.165, 1.54) is 28.8 Å². The smallest absolute Gasteiger partial charge is 0.327 e. The number of nitro benzene ring substituents is 1. The molecular weight excluding hydrogens is 320 g/mol. The van der Waals surface area contributed by atoms with E-state index in [-0.39, 0.29) is 21.6 Å². The summed E-state index contributed by atoms with van der Waals surface area (Å²) in [5, 5.41) is 19.4. The van der Waals surface area contributed by atoms with Crippen molar-refractivity contribution < 1.29 is 19.6 Å². The fourth-order valence-corrected chi connectivity index (χ4v) is 3.49. The third-order valence-corrected chi connectivity index (χ3v) is 4.67. The number of carbonyl (C=O) groups excluding carboxylic acids is 1. The van der Waals surface area contributed by atoms with Gasteiger partial charge in [-0.05, 0) is 13.0 Å². The second kappa shape index (κ2) is 5.90. The van der Waals surface area contributed by atoms with Crippen LogP contribution in [-0.4, -0.2) is 44.0 Å². The first-order chi connectivity index (χ1) is 9.82. The number of nitrogens with zero attached hydrogens (tertiary/aromatic N) is 2. The van der Waals surface area contributed by atoms with Crippen molar-refractivity contribution in [2.24, 2.45) is 0 Å². The van der Waals surface area contributed by atoms with E-state index in [4.69, 9.17) is 16.7 Å². The second-order valence-corrected chi connectivity index (χ2v) is 6.18. The Morgan fingerprint density at radius 1 is 1.52 bits per heavy atom. The van der Waals surface area contributed by atoms with Gasteiger partial charge in [0.1, 0.15) is 6.04 Å². The summed E-state index contributed by atoms with van der Waals surface area (Å²) in [6.07, 6.45) is 0. The number of non-ortho nitro benzene ring substituents is 1. The number of rotatable bonds is 3. The number of nitro groups is 1. The minimum absolute atomic E-state index is 0.0582. The molecule has 0 spiro atoms. The van der Waals surface area contributed by atoms with E-state index < -0.39 is 22.8 Å². The van der Waals surface area contributed by atoms with Crippen LogP contribution in [0.5, 0.6) is 0 Å². The van der Waals surface area contributed by atoms with Gasteiger partial charge in [0.05, 0.1) is 20.9 Å². The van der Waals surface area contributed by atoms with E-state index in [1.54, 1.807) is 6.92 Å². The minimum atomic E-state index is -1.08. The molecule has 21 heavy (non-hydrogen) atoms. The second-order valence-electron chi connectivity index (χ2n) is 4.42. The van der Waals surface area contributed by atoms with Gasteiger partial charge >= 0.3 is 5.97 Å². The summed E-state index contributed by atoms with van der Waals surface area (Å²) in [4.78, 5) is 34.9. The zero-order chi connectivity index (χ0) is 15.7. The third-order valence-electron chi connectivity index (χ3n) is 3.14. The zero-order valence-electron chi connectivity index (χ0n) is 10.9. The maximum absolute atomic E-state index is 12.5. The van der Waals surface area contributed by atoms with Crippen LogP contribution in [0.4, 0.5) is 5.69 Å². The number of carboxylic acids is 1. The summed E-state index contributed by atoms with van der Waals surface area (Å²) in [5.74, 6) is -1.33. The lowest BCUT2D eigenvalue weighted by Gasteiger charge is -2.25. The average Bonchev–Trinajstić information content (AvgIpc) is 2.79. The van der Waals surface area contributed by atoms with Crippen LogP contribution in [0, 0.1) is 10.1 Å². The Morgan fingerprint density at radius 2 is 2.19 bits per heavy atom. The van der Waals surface area contributed by atoms with E-state index in [2.05, 4.69) is 0 Å². The van der Waals surface area contributed by atoms with Gasteiger partial charge in [-0.25, -0.2) is 4.79 Å². The molecule has 1 heterocycles. The Morgan fingerprint density at radius 3 is 2.71 bits per heavy atom. The van der Waals surface area contributed by atoms with Crippen LogP contribution in [-0.2, 0) is 4.79 Å². The molecule has 0 bridgehead atoms. The molecule has 1 aromatic rings. The number of hydrogen-bond donors (Lipinski definition) is 1. The number of amides is 1. The molecule has 1 fully saturated rings. The van der Waals surface area contributed by atoms with Crippen LogP contribution in [0.3, 0.4) is 0 Å². The molecule has 2 rings (SSSR count). The number of hydrogen-bond acceptors (Lipinski definition) is 5. The quantitative estimate of drug-likeness (QED) is 0.673. The molecule has 1 aromatic carbocycles.